The number of carbonyl (C=O) groups is 1. The molecular weight excluding hydrogens is 218 g/mol. The first-order valence-corrected chi connectivity index (χ1v) is 6.30. The third-order valence-electron chi connectivity index (χ3n) is 3.15. The zero-order valence-electron chi connectivity index (χ0n) is 11.3. The van der Waals surface area contributed by atoms with Crippen molar-refractivity contribution < 1.29 is 9.53 Å². The molecule has 3 atom stereocenters. The fraction of sp³-hybridized carbons (Fsp3) is 0.917. The van der Waals surface area contributed by atoms with Gasteiger partial charge in [0.1, 0.15) is 5.54 Å². The molecule has 100 valence electrons. The van der Waals surface area contributed by atoms with Gasteiger partial charge in [0, 0.05) is 19.6 Å². The number of rotatable bonds is 5. The summed E-state index contributed by atoms with van der Waals surface area (Å²) in [5, 5.41) is 3.18. The van der Waals surface area contributed by atoms with E-state index in [-0.39, 0.29) is 18.1 Å². The molecule has 0 aromatic rings. The van der Waals surface area contributed by atoms with Crippen molar-refractivity contribution in [1.29, 1.82) is 0 Å². The summed E-state index contributed by atoms with van der Waals surface area (Å²) in [5.41, 5.74) is 4.82. The molecule has 1 aliphatic heterocycles. The summed E-state index contributed by atoms with van der Waals surface area (Å²) in [6.07, 6.45) is 0.412. The standard InChI is InChI=1S/C12H25N3O2/c1-5-14-12(4,11(13)16)8-15-6-9(2)17-10(3)7-15/h9-10,14H,5-8H2,1-4H3,(H2,13,16)/t9-,10+,12?. The fourth-order valence-electron chi connectivity index (χ4n) is 2.47. The Hall–Kier alpha value is -0.650. The Morgan fingerprint density at radius 1 is 1.47 bits per heavy atom. The third-order valence-corrected chi connectivity index (χ3v) is 3.15. The maximum absolute atomic E-state index is 11.5. The molecule has 0 aromatic heterocycles. The number of hydrogen-bond donors (Lipinski definition) is 2. The second-order valence-electron chi connectivity index (χ2n) is 5.18. The summed E-state index contributed by atoms with van der Waals surface area (Å²) in [6, 6.07) is 0. The van der Waals surface area contributed by atoms with E-state index in [9.17, 15) is 4.79 Å². The third kappa shape index (κ3) is 3.94. The van der Waals surface area contributed by atoms with E-state index in [0.29, 0.717) is 6.54 Å². The van der Waals surface area contributed by atoms with Crippen LogP contribution in [0.1, 0.15) is 27.7 Å². The Bertz CT molecular complexity index is 262. The normalized spacial score (nSPS) is 29.9. The lowest BCUT2D eigenvalue weighted by Crippen LogP contribution is -2.61. The second-order valence-corrected chi connectivity index (χ2v) is 5.18. The summed E-state index contributed by atoms with van der Waals surface area (Å²) in [4.78, 5) is 13.8. The Morgan fingerprint density at radius 2 is 2.00 bits per heavy atom. The molecule has 0 saturated carbocycles. The molecule has 1 fully saturated rings. The molecule has 0 aliphatic carbocycles. The molecule has 17 heavy (non-hydrogen) atoms. The van der Waals surface area contributed by atoms with Crippen LogP contribution in [-0.4, -0.2) is 54.7 Å². The van der Waals surface area contributed by atoms with E-state index in [1.165, 1.54) is 0 Å². The van der Waals surface area contributed by atoms with Crippen LogP contribution < -0.4 is 11.1 Å². The highest BCUT2D eigenvalue weighted by molar-refractivity contribution is 5.84. The van der Waals surface area contributed by atoms with Crippen molar-refractivity contribution in [3.8, 4) is 0 Å². The number of nitrogens with zero attached hydrogens (tertiary/aromatic N) is 1. The largest absolute Gasteiger partial charge is 0.373 e. The van der Waals surface area contributed by atoms with E-state index < -0.39 is 5.54 Å². The Labute approximate surface area is 104 Å². The van der Waals surface area contributed by atoms with E-state index >= 15 is 0 Å². The number of hydrogen-bond acceptors (Lipinski definition) is 4. The van der Waals surface area contributed by atoms with Crippen LogP contribution in [0.5, 0.6) is 0 Å². The summed E-state index contributed by atoms with van der Waals surface area (Å²) >= 11 is 0. The van der Waals surface area contributed by atoms with Crippen LogP contribution in [0.4, 0.5) is 0 Å². The van der Waals surface area contributed by atoms with Crippen molar-refractivity contribution in [1.82, 2.24) is 10.2 Å². The predicted molar refractivity (Wildman–Crippen MR) is 67.7 cm³/mol. The van der Waals surface area contributed by atoms with Crippen LogP contribution in [-0.2, 0) is 9.53 Å². The summed E-state index contributed by atoms with van der Waals surface area (Å²) in [7, 11) is 0. The number of primary amides is 1. The monoisotopic (exact) mass is 243 g/mol. The van der Waals surface area contributed by atoms with E-state index in [4.69, 9.17) is 10.5 Å². The van der Waals surface area contributed by atoms with Crippen LogP contribution in [0, 0.1) is 0 Å². The van der Waals surface area contributed by atoms with Gasteiger partial charge in [0.2, 0.25) is 5.91 Å². The van der Waals surface area contributed by atoms with Crippen molar-refractivity contribution in [3.05, 3.63) is 0 Å². The molecule has 1 unspecified atom stereocenters. The summed E-state index contributed by atoms with van der Waals surface area (Å²) in [6.45, 7) is 11.0. The van der Waals surface area contributed by atoms with Gasteiger partial charge in [-0.15, -0.1) is 0 Å². The Balaban J connectivity index is 2.63. The Morgan fingerprint density at radius 3 is 2.41 bits per heavy atom. The maximum Gasteiger partial charge on any atom is 0.238 e. The smallest absolute Gasteiger partial charge is 0.238 e. The molecule has 1 aliphatic rings. The van der Waals surface area contributed by atoms with Crippen molar-refractivity contribution in [2.45, 2.75) is 45.4 Å². The van der Waals surface area contributed by atoms with Crippen LogP contribution in [0.3, 0.4) is 0 Å². The topological polar surface area (TPSA) is 67.6 Å². The van der Waals surface area contributed by atoms with Gasteiger partial charge in [-0.3, -0.25) is 9.69 Å². The number of ether oxygens (including phenoxy) is 1. The quantitative estimate of drug-likeness (QED) is 0.710. The van der Waals surface area contributed by atoms with Crippen molar-refractivity contribution >= 4 is 5.91 Å². The number of carbonyl (C=O) groups excluding carboxylic acids is 1. The number of morpholine rings is 1. The first kappa shape index (κ1) is 14.4. The van der Waals surface area contributed by atoms with E-state index in [1.807, 2.05) is 13.8 Å². The van der Waals surface area contributed by atoms with Gasteiger partial charge in [0.25, 0.3) is 0 Å². The lowest BCUT2D eigenvalue weighted by Gasteiger charge is -2.40. The molecule has 5 nitrogen and oxygen atoms in total. The molecule has 5 heteroatoms. The molecule has 0 aromatic carbocycles. The minimum absolute atomic E-state index is 0.206. The molecule has 1 saturated heterocycles. The van der Waals surface area contributed by atoms with Crippen LogP contribution >= 0.6 is 0 Å². The molecule has 1 rings (SSSR count). The zero-order chi connectivity index (χ0) is 13.1. The van der Waals surface area contributed by atoms with Gasteiger partial charge in [-0.05, 0) is 27.3 Å². The Kier molecular flexibility index (Phi) is 4.91. The van der Waals surface area contributed by atoms with Crippen LogP contribution in [0.2, 0.25) is 0 Å². The van der Waals surface area contributed by atoms with Crippen LogP contribution in [0.15, 0.2) is 0 Å². The zero-order valence-corrected chi connectivity index (χ0v) is 11.3. The summed E-state index contributed by atoms with van der Waals surface area (Å²) < 4.78 is 5.67. The van der Waals surface area contributed by atoms with Gasteiger partial charge in [-0.2, -0.15) is 0 Å². The minimum Gasteiger partial charge on any atom is -0.373 e. The molecule has 1 heterocycles. The molecule has 1 amide bonds. The van der Waals surface area contributed by atoms with E-state index in [0.717, 1.165) is 19.6 Å². The highest BCUT2D eigenvalue weighted by Gasteiger charge is 2.34. The van der Waals surface area contributed by atoms with Gasteiger partial charge in [0.15, 0.2) is 0 Å². The van der Waals surface area contributed by atoms with Gasteiger partial charge in [-0.25, -0.2) is 0 Å². The maximum atomic E-state index is 11.5. The molecular formula is C12H25N3O2. The highest BCUT2D eigenvalue weighted by atomic mass is 16.5. The lowest BCUT2D eigenvalue weighted by molar-refractivity contribution is -0.126. The van der Waals surface area contributed by atoms with Crippen LogP contribution in [0.25, 0.3) is 0 Å². The number of likely N-dealkylation sites (N-methyl/N-ethyl adjacent to an activating group) is 1. The SMILES string of the molecule is CCNC(C)(CN1C[C@@H](C)O[C@@H](C)C1)C(N)=O. The van der Waals surface area contributed by atoms with Gasteiger partial charge < -0.3 is 15.8 Å². The van der Waals surface area contributed by atoms with E-state index in [2.05, 4.69) is 24.1 Å². The van der Waals surface area contributed by atoms with Gasteiger partial charge in [0.05, 0.1) is 12.2 Å². The molecule has 3 N–H and O–H groups in total. The second kappa shape index (κ2) is 5.80. The highest BCUT2D eigenvalue weighted by Crippen LogP contribution is 2.14. The molecule has 0 radical (unpaired) electrons. The predicted octanol–water partition coefficient (Wildman–Crippen LogP) is -0.0509. The average molecular weight is 243 g/mol. The fourth-order valence-corrected chi connectivity index (χ4v) is 2.47. The van der Waals surface area contributed by atoms with E-state index in [1.54, 1.807) is 0 Å². The van der Waals surface area contributed by atoms with Gasteiger partial charge in [-0.1, -0.05) is 6.92 Å². The summed E-state index contributed by atoms with van der Waals surface area (Å²) in [5.74, 6) is -0.300. The average Bonchev–Trinajstić information content (AvgIpc) is 2.15. The van der Waals surface area contributed by atoms with Crippen molar-refractivity contribution in [3.63, 3.8) is 0 Å². The van der Waals surface area contributed by atoms with Gasteiger partial charge >= 0.3 is 0 Å². The number of nitrogens with one attached hydrogen (secondary N) is 1. The van der Waals surface area contributed by atoms with Crippen molar-refractivity contribution in [2.24, 2.45) is 5.73 Å². The first-order valence-electron chi connectivity index (χ1n) is 6.30. The van der Waals surface area contributed by atoms with Crippen molar-refractivity contribution in [2.75, 3.05) is 26.2 Å². The minimum atomic E-state index is -0.661. The molecule has 0 bridgehead atoms. The first-order chi connectivity index (χ1) is 7.87. The molecule has 0 spiro atoms. The lowest BCUT2D eigenvalue weighted by atomic mass is 9.99. The number of amides is 1. The number of nitrogens with two attached hydrogens (primary N) is 1.